The molecule has 1 saturated heterocycles. The predicted octanol–water partition coefficient (Wildman–Crippen LogP) is 2.84. The zero-order valence-corrected chi connectivity index (χ0v) is 16.8. The molecule has 2 amide bonds. The largest absolute Gasteiger partial charge is 0.379 e. The molecule has 1 aliphatic heterocycles. The topological polar surface area (TPSA) is 124 Å². The van der Waals surface area contributed by atoms with E-state index < -0.39 is 17.6 Å². The first-order valence-electron chi connectivity index (χ1n) is 9.18. The lowest BCUT2D eigenvalue weighted by atomic mass is 10.1. The fourth-order valence-corrected chi connectivity index (χ4v) is 3.66. The number of carbonyl (C=O) groups excluding carboxylic acids is 2. The van der Waals surface area contributed by atoms with Crippen LogP contribution in [0, 0.1) is 12.7 Å². The van der Waals surface area contributed by atoms with Crippen molar-refractivity contribution in [3.8, 4) is 0 Å². The molecule has 0 bridgehead atoms. The number of carbonyl (C=O) groups is 2. The molecule has 0 saturated carbocycles. The minimum atomic E-state index is -0.700. The molecule has 0 radical (unpaired) electrons. The highest BCUT2D eigenvalue weighted by atomic mass is 32.1. The fourth-order valence-electron chi connectivity index (χ4n) is 3.08. The van der Waals surface area contributed by atoms with Gasteiger partial charge in [0.25, 0.3) is 11.8 Å². The Morgan fingerprint density at radius 1 is 1.33 bits per heavy atom. The van der Waals surface area contributed by atoms with Crippen LogP contribution in [0.4, 0.5) is 21.0 Å². The lowest BCUT2D eigenvalue weighted by Gasteiger charge is -2.11. The van der Waals surface area contributed by atoms with Crippen LogP contribution in [0.3, 0.4) is 0 Å². The molecule has 156 valence electrons. The number of nitrogen functional groups attached to an aromatic ring is 1. The van der Waals surface area contributed by atoms with Crippen LogP contribution in [0.2, 0.25) is 0 Å². The van der Waals surface area contributed by atoms with Crippen LogP contribution in [-0.2, 0) is 4.74 Å². The molecule has 1 aliphatic rings. The number of hydrogen-bond donors (Lipinski definition) is 3. The van der Waals surface area contributed by atoms with E-state index in [-0.39, 0.29) is 16.7 Å². The number of benzene rings is 1. The van der Waals surface area contributed by atoms with E-state index in [0.29, 0.717) is 35.2 Å². The molecule has 0 spiro atoms. The van der Waals surface area contributed by atoms with E-state index in [4.69, 9.17) is 10.5 Å². The van der Waals surface area contributed by atoms with Crippen molar-refractivity contribution in [2.24, 2.45) is 0 Å². The second-order valence-corrected chi connectivity index (χ2v) is 7.88. The number of ether oxygens (including phenoxy) is 1. The van der Waals surface area contributed by atoms with Gasteiger partial charge in [-0.15, -0.1) is 0 Å². The van der Waals surface area contributed by atoms with E-state index in [1.54, 1.807) is 23.9 Å². The normalized spacial score (nSPS) is 15.9. The van der Waals surface area contributed by atoms with E-state index in [1.165, 1.54) is 18.3 Å². The first kappa shape index (κ1) is 20.0. The van der Waals surface area contributed by atoms with Crippen LogP contribution in [0.1, 0.15) is 38.1 Å². The third-order valence-electron chi connectivity index (χ3n) is 4.68. The summed E-state index contributed by atoms with van der Waals surface area (Å²) in [7, 11) is 0. The third-order valence-corrected chi connectivity index (χ3v) is 5.51. The molecule has 0 unspecified atom stereocenters. The summed E-state index contributed by atoms with van der Waals surface area (Å²) in [4.78, 5) is 29.1. The molecule has 9 nitrogen and oxygen atoms in total. The van der Waals surface area contributed by atoms with Gasteiger partial charge in [-0.2, -0.15) is 5.10 Å². The summed E-state index contributed by atoms with van der Waals surface area (Å²) in [5.41, 5.74) is 6.12. The van der Waals surface area contributed by atoms with Crippen molar-refractivity contribution in [3.63, 3.8) is 0 Å². The average molecular weight is 430 g/mol. The summed E-state index contributed by atoms with van der Waals surface area (Å²) >= 11 is 1.03. The number of rotatable bonds is 5. The number of amides is 2. The van der Waals surface area contributed by atoms with Crippen molar-refractivity contribution in [1.29, 1.82) is 0 Å². The standard InChI is InChI=1S/C19H19FN6O3S/c1-10-6-13(20)12(7-14(10)23-18(28)15-8-22-19(21)30-15)17(27)24-16-2-4-26(25-16)11-3-5-29-9-11/h2,4,6-8,11H,3,5,9H2,1H3,(H2,21,22)(H,23,28)(H,24,25,27)/t11-/m0/s1. The van der Waals surface area contributed by atoms with Gasteiger partial charge in [0.1, 0.15) is 10.7 Å². The molecular formula is C19H19FN6O3S. The number of hydrogen-bond acceptors (Lipinski definition) is 7. The van der Waals surface area contributed by atoms with E-state index in [1.807, 2.05) is 0 Å². The Kier molecular flexibility index (Phi) is 5.46. The molecule has 4 rings (SSSR count). The van der Waals surface area contributed by atoms with Gasteiger partial charge in [0.15, 0.2) is 10.9 Å². The Hall–Kier alpha value is -3.31. The molecule has 2 aromatic heterocycles. The molecule has 30 heavy (non-hydrogen) atoms. The van der Waals surface area contributed by atoms with Gasteiger partial charge in [-0.25, -0.2) is 9.37 Å². The quantitative estimate of drug-likeness (QED) is 0.572. The van der Waals surface area contributed by atoms with Crippen LogP contribution < -0.4 is 16.4 Å². The Morgan fingerprint density at radius 2 is 2.17 bits per heavy atom. The number of aryl methyl sites for hydroxylation is 1. The summed E-state index contributed by atoms with van der Waals surface area (Å²) in [6, 6.07) is 4.25. The van der Waals surface area contributed by atoms with Gasteiger partial charge in [0, 0.05) is 24.6 Å². The highest BCUT2D eigenvalue weighted by Gasteiger charge is 2.21. The number of nitrogens with two attached hydrogens (primary N) is 1. The Labute approximate surface area is 175 Å². The summed E-state index contributed by atoms with van der Waals surface area (Å²) in [6.07, 6.45) is 3.94. The SMILES string of the molecule is Cc1cc(F)c(C(=O)Nc2ccn([C@H]3CCOC3)n2)cc1NC(=O)c1cnc(N)s1. The molecule has 1 aromatic carbocycles. The van der Waals surface area contributed by atoms with Crippen molar-refractivity contribution in [1.82, 2.24) is 14.8 Å². The van der Waals surface area contributed by atoms with Crippen LogP contribution in [0.5, 0.6) is 0 Å². The maximum atomic E-state index is 14.5. The second kappa shape index (κ2) is 8.20. The smallest absolute Gasteiger partial charge is 0.267 e. The molecule has 0 aliphatic carbocycles. The van der Waals surface area contributed by atoms with Gasteiger partial charge in [-0.05, 0) is 31.0 Å². The van der Waals surface area contributed by atoms with Gasteiger partial charge >= 0.3 is 0 Å². The molecule has 3 aromatic rings. The van der Waals surface area contributed by atoms with Gasteiger partial charge in [-0.3, -0.25) is 14.3 Å². The number of aromatic nitrogens is 3. The maximum Gasteiger partial charge on any atom is 0.267 e. The van der Waals surface area contributed by atoms with Gasteiger partial charge in [-0.1, -0.05) is 11.3 Å². The summed E-state index contributed by atoms with van der Waals surface area (Å²) in [6.45, 7) is 2.87. The number of halogens is 1. The average Bonchev–Trinajstić information content (AvgIpc) is 3.45. The Bertz CT molecular complexity index is 1110. The first-order chi connectivity index (χ1) is 14.4. The van der Waals surface area contributed by atoms with Gasteiger partial charge in [0.05, 0.1) is 24.4 Å². The Balaban J connectivity index is 1.51. The van der Waals surface area contributed by atoms with Crippen LogP contribution in [-0.4, -0.2) is 39.8 Å². The van der Waals surface area contributed by atoms with Crippen molar-refractivity contribution in [2.45, 2.75) is 19.4 Å². The number of nitrogens with zero attached hydrogens (tertiary/aromatic N) is 3. The fraction of sp³-hybridized carbons (Fsp3) is 0.263. The van der Waals surface area contributed by atoms with Crippen LogP contribution in [0.25, 0.3) is 0 Å². The lowest BCUT2D eigenvalue weighted by molar-refractivity contribution is 0.101. The predicted molar refractivity (Wildman–Crippen MR) is 110 cm³/mol. The second-order valence-electron chi connectivity index (χ2n) is 6.82. The zero-order valence-electron chi connectivity index (χ0n) is 16.0. The summed E-state index contributed by atoms with van der Waals surface area (Å²) in [5, 5.41) is 9.83. The van der Waals surface area contributed by atoms with E-state index in [2.05, 4.69) is 20.7 Å². The maximum absolute atomic E-state index is 14.5. The monoisotopic (exact) mass is 430 g/mol. The first-order valence-corrected chi connectivity index (χ1v) is 9.99. The number of thiazole rings is 1. The van der Waals surface area contributed by atoms with Crippen LogP contribution in [0.15, 0.2) is 30.6 Å². The highest BCUT2D eigenvalue weighted by molar-refractivity contribution is 7.17. The summed E-state index contributed by atoms with van der Waals surface area (Å²) < 4.78 is 21.5. The minimum absolute atomic E-state index is 0.120. The number of anilines is 3. The zero-order chi connectivity index (χ0) is 21.3. The lowest BCUT2D eigenvalue weighted by Crippen LogP contribution is -2.17. The van der Waals surface area contributed by atoms with E-state index >= 15 is 0 Å². The number of nitrogens with one attached hydrogen (secondary N) is 2. The van der Waals surface area contributed by atoms with Crippen molar-refractivity contribution in [2.75, 3.05) is 29.6 Å². The van der Waals surface area contributed by atoms with E-state index in [0.717, 1.165) is 17.8 Å². The van der Waals surface area contributed by atoms with E-state index in [9.17, 15) is 14.0 Å². The molecular weight excluding hydrogens is 411 g/mol. The minimum Gasteiger partial charge on any atom is -0.379 e. The van der Waals surface area contributed by atoms with Crippen LogP contribution >= 0.6 is 11.3 Å². The molecule has 1 fully saturated rings. The molecule has 3 heterocycles. The Morgan fingerprint density at radius 3 is 2.87 bits per heavy atom. The van der Waals surface area contributed by atoms with Crippen molar-refractivity contribution in [3.05, 3.63) is 52.4 Å². The van der Waals surface area contributed by atoms with Crippen molar-refractivity contribution < 1.29 is 18.7 Å². The van der Waals surface area contributed by atoms with Gasteiger partial charge in [0.2, 0.25) is 0 Å². The third kappa shape index (κ3) is 4.16. The summed E-state index contributed by atoms with van der Waals surface area (Å²) in [5.74, 6) is -1.51. The van der Waals surface area contributed by atoms with Crippen molar-refractivity contribution >= 4 is 39.8 Å². The highest BCUT2D eigenvalue weighted by Crippen LogP contribution is 2.24. The molecule has 1 atom stereocenters. The molecule has 4 N–H and O–H groups in total. The van der Waals surface area contributed by atoms with Gasteiger partial charge < -0.3 is 21.1 Å². The molecule has 11 heteroatoms.